The van der Waals surface area contributed by atoms with Gasteiger partial charge in [0.05, 0.1) is 6.61 Å². The van der Waals surface area contributed by atoms with Gasteiger partial charge < -0.3 is 4.74 Å². The van der Waals surface area contributed by atoms with Crippen LogP contribution in [0, 0.1) is 23.2 Å². The molecule has 20 heavy (non-hydrogen) atoms. The van der Waals surface area contributed by atoms with Crippen molar-refractivity contribution >= 4 is 5.97 Å². The Bertz CT molecular complexity index is 390. The summed E-state index contributed by atoms with van der Waals surface area (Å²) >= 11 is 0. The Labute approximate surface area is 119 Å². The van der Waals surface area contributed by atoms with Crippen LogP contribution in [-0.4, -0.2) is 18.5 Å². The van der Waals surface area contributed by atoms with Gasteiger partial charge in [0, 0.05) is 12.3 Å². The van der Waals surface area contributed by atoms with Crippen LogP contribution in [0.3, 0.4) is 0 Å². The molecule has 0 aromatic rings. The van der Waals surface area contributed by atoms with E-state index in [1.807, 2.05) is 0 Å². The van der Waals surface area contributed by atoms with Gasteiger partial charge in [-0.2, -0.15) is 8.78 Å². The zero-order valence-electron chi connectivity index (χ0n) is 12.2. The lowest BCUT2D eigenvalue weighted by atomic mass is 9.59. The number of ether oxygens (including phenoxy) is 1. The Morgan fingerprint density at radius 2 is 2.05 bits per heavy atom. The Morgan fingerprint density at radius 1 is 1.25 bits per heavy atom. The predicted octanol–water partition coefficient (Wildman–Crippen LogP) is 4.18. The molecule has 3 bridgehead atoms. The molecule has 3 aliphatic carbocycles. The topological polar surface area (TPSA) is 26.3 Å². The van der Waals surface area contributed by atoms with E-state index < -0.39 is 11.9 Å². The third-order valence-electron chi connectivity index (χ3n) is 5.82. The monoisotopic (exact) mass is 286 g/mol. The van der Waals surface area contributed by atoms with E-state index in [-0.39, 0.29) is 12.0 Å². The van der Waals surface area contributed by atoms with Crippen LogP contribution in [-0.2, 0) is 9.53 Å². The Morgan fingerprint density at radius 3 is 2.80 bits per heavy atom. The summed E-state index contributed by atoms with van der Waals surface area (Å²) in [6, 6.07) is 0. The van der Waals surface area contributed by atoms with Gasteiger partial charge in [0.2, 0.25) is 0 Å². The van der Waals surface area contributed by atoms with Crippen molar-refractivity contribution in [2.24, 2.45) is 23.2 Å². The van der Waals surface area contributed by atoms with E-state index >= 15 is 0 Å². The second-order valence-corrected chi connectivity index (χ2v) is 7.46. The first-order chi connectivity index (χ1) is 9.38. The summed E-state index contributed by atoms with van der Waals surface area (Å²) in [5, 5.41) is 0. The molecule has 3 fully saturated rings. The van der Waals surface area contributed by atoms with Crippen LogP contribution in [0.25, 0.3) is 0 Å². The largest absolute Gasteiger partial charge is 0.461 e. The fourth-order valence-corrected chi connectivity index (χ4v) is 4.97. The standard InChI is InChI=1S/C16H24F2O2/c1-15(17,18)14(19)20-10-16-6-2-3-12-5-4-11(8-16)7-13(12)9-16/h11-13H,2-10H2,1H3. The molecule has 3 saturated carbocycles. The van der Waals surface area contributed by atoms with Crippen LogP contribution >= 0.6 is 0 Å². The average molecular weight is 286 g/mol. The molecule has 0 spiro atoms. The summed E-state index contributed by atoms with van der Waals surface area (Å²) < 4.78 is 30.9. The molecule has 4 unspecified atom stereocenters. The summed E-state index contributed by atoms with van der Waals surface area (Å²) in [4.78, 5) is 11.3. The van der Waals surface area contributed by atoms with Crippen LogP contribution in [0.1, 0.15) is 58.3 Å². The van der Waals surface area contributed by atoms with Crippen molar-refractivity contribution in [3.63, 3.8) is 0 Å². The first kappa shape index (κ1) is 14.3. The van der Waals surface area contributed by atoms with Crippen LogP contribution in [0.2, 0.25) is 0 Å². The summed E-state index contributed by atoms with van der Waals surface area (Å²) in [6.45, 7) is 0.820. The van der Waals surface area contributed by atoms with Gasteiger partial charge in [0.1, 0.15) is 0 Å². The third kappa shape index (κ3) is 2.71. The van der Waals surface area contributed by atoms with Crippen molar-refractivity contribution in [1.29, 1.82) is 0 Å². The molecule has 0 aliphatic heterocycles. The molecule has 4 heteroatoms. The molecule has 114 valence electrons. The highest BCUT2D eigenvalue weighted by Gasteiger charge is 2.48. The van der Waals surface area contributed by atoms with Crippen molar-refractivity contribution in [2.45, 2.75) is 64.2 Å². The normalized spacial score (nSPS) is 40.2. The van der Waals surface area contributed by atoms with E-state index in [1.165, 1.54) is 25.7 Å². The number of rotatable bonds is 3. The first-order valence-corrected chi connectivity index (χ1v) is 7.93. The zero-order chi connectivity index (χ0) is 14.4. The molecule has 2 nitrogen and oxygen atoms in total. The molecule has 0 saturated heterocycles. The highest BCUT2D eigenvalue weighted by atomic mass is 19.3. The van der Waals surface area contributed by atoms with E-state index in [2.05, 4.69) is 0 Å². The Balaban J connectivity index is 1.69. The molecule has 3 aliphatic rings. The van der Waals surface area contributed by atoms with E-state index in [0.29, 0.717) is 6.92 Å². The van der Waals surface area contributed by atoms with Gasteiger partial charge in [-0.15, -0.1) is 0 Å². The van der Waals surface area contributed by atoms with E-state index in [9.17, 15) is 13.6 Å². The van der Waals surface area contributed by atoms with E-state index in [0.717, 1.165) is 43.4 Å². The molecule has 0 amide bonds. The quantitative estimate of drug-likeness (QED) is 0.727. The molecule has 0 aromatic carbocycles. The number of halogens is 2. The second-order valence-electron chi connectivity index (χ2n) is 7.46. The Kier molecular flexibility index (Phi) is 3.54. The number of fused-ring (bicyclic) bond motifs is 2. The minimum absolute atomic E-state index is 0.0103. The minimum Gasteiger partial charge on any atom is -0.461 e. The van der Waals surface area contributed by atoms with Crippen LogP contribution in [0.4, 0.5) is 8.78 Å². The first-order valence-electron chi connectivity index (χ1n) is 7.93. The van der Waals surface area contributed by atoms with Gasteiger partial charge in [-0.05, 0) is 49.9 Å². The molecular formula is C16H24F2O2. The van der Waals surface area contributed by atoms with Crippen molar-refractivity contribution in [3.8, 4) is 0 Å². The van der Waals surface area contributed by atoms with Crippen LogP contribution in [0.5, 0.6) is 0 Å². The highest BCUT2D eigenvalue weighted by molar-refractivity contribution is 5.76. The maximum Gasteiger partial charge on any atom is 0.376 e. The SMILES string of the molecule is CC(F)(F)C(=O)OCC12CCCC3CCC(CC3C1)C2. The lowest BCUT2D eigenvalue weighted by Gasteiger charge is -2.47. The van der Waals surface area contributed by atoms with Crippen molar-refractivity contribution in [1.82, 2.24) is 0 Å². The second kappa shape index (κ2) is 4.96. The fraction of sp³-hybridized carbons (Fsp3) is 0.938. The molecule has 0 aromatic heterocycles. The number of carbonyl (C=O) groups is 1. The predicted molar refractivity (Wildman–Crippen MR) is 71.4 cm³/mol. The van der Waals surface area contributed by atoms with E-state index in [1.54, 1.807) is 0 Å². The highest BCUT2D eigenvalue weighted by Crippen LogP contribution is 2.56. The van der Waals surface area contributed by atoms with Crippen molar-refractivity contribution in [3.05, 3.63) is 0 Å². The minimum atomic E-state index is -3.37. The molecule has 0 heterocycles. The Hall–Kier alpha value is -0.670. The molecular weight excluding hydrogens is 262 g/mol. The average Bonchev–Trinajstić information content (AvgIpc) is 2.44. The van der Waals surface area contributed by atoms with Gasteiger partial charge >= 0.3 is 11.9 Å². The van der Waals surface area contributed by atoms with Gasteiger partial charge in [0.25, 0.3) is 0 Å². The van der Waals surface area contributed by atoms with Crippen molar-refractivity contribution < 1.29 is 18.3 Å². The summed E-state index contributed by atoms with van der Waals surface area (Å²) in [5.74, 6) is -2.43. The maximum atomic E-state index is 12.9. The molecule has 0 radical (unpaired) electrons. The lowest BCUT2D eigenvalue weighted by Crippen LogP contribution is -2.41. The number of carbonyl (C=O) groups excluding carboxylic acids is 1. The number of hydrogen-bond acceptors (Lipinski definition) is 2. The molecule has 3 rings (SSSR count). The van der Waals surface area contributed by atoms with Crippen molar-refractivity contribution in [2.75, 3.05) is 6.61 Å². The van der Waals surface area contributed by atoms with Gasteiger partial charge in [-0.1, -0.05) is 19.3 Å². The zero-order valence-corrected chi connectivity index (χ0v) is 12.2. The third-order valence-corrected chi connectivity index (χ3v) is 5.82. The molecule has 4 atom stereocenters. The van der Waals surface area contributed by atoms with Gasteiger partial charge in [0.15, 0.2) is 0 Å². The van der Waals surface area contributed by atoms with E-state index in [4.69, 9.17) is 4.74 Å². The maximum absolute atomic E-state index is 12.9. The number of hydrogen-bond donors (Lipinski definition) is 0. The summed E-state index contributed by atoms with van der Waals surface area (Å²) in [5.41, 5.74) is -0.0103. The number of alkyl halides is 2. The molecule has 0 N–H and O–H groups in total. The lowest BCUT2D eigenvalue weighted by molar-refractivity contribution is -0.175. The summed E-state index contributed by atoms with van der Waals surface area (Å²) in [7, 11) is 0. The van der Waals surface area contributed by atoms with Gasteiger partial charge in [-0.3, -0.25) is 0 Å². The summed E-state index contributed by atoms with van der Waals surface area (Å²) in [6.07, 6.45) is 9.56. The van der Waals surface area contributed by atoms with Gasteiger partial charge in [-0.25, -0.2) is 4.79 Å². The smallest absolute Gasteiger partial charge is 0.376 e. The van der Waals surface area contributed by atoms with Crippen LogP contribution < -0.4 is 0 Å². The number of esters is 1. The van der Waals surface area contributed by atoms with Crippen LogP contribution in [0.15, 0.2) is 0 Å². The fourth-order valence-electron chi connectivity index (χ4n) is 4.97.